The SMILES string of the molecule is COc1ccc([C@H]2CC[C@H](CNc3cccc(C#N)c3)CC2)cc1C. The van der Waals surface area contributed by atoms with Gasteiger partial charge in [0.15, 0.2) is 0 Å². The quantitative estimate of drug-likeness (QED) is 0.811. The number of hydrogen-bond donors (Lipinski definition) is 1. The highest BCUT2D eigenvalue weighted by atomic mass is 16.5. The second-order valence-electron chi connectivity index (χ2n) is 7.02. The Balaban J connectivity index is 1.51. The molecule has 1 aliphatic rings. The molecule has 0 spiro atoms. The van der Waals surface area contributed by atoms with Gasteiger partial charge in [0.05, 0.1) is 18.7 Å². The van der Waals surface area contributed by atoms with Crippen molar-refractivity contribution in [3.63, 3.8) is 0 Å². The van der Waals surface area contributed by atoms with Crippen molar-refractivity contribution in [3.05, 3.63) is 59.2 Å². The Bertz CT molecular complexity index is 755. The van der Waals surface area contributed by atoms with Gasteiger partial charge >= 0.3 is 0 Å². The Kier molecular flexibility index (Phi) is 5.60. The van der Waals surface area contributed by atoms with E-state index in [1.807, 2.05) is 24.3 Å². The number of methoxy groups -OCH3 is 1. The monoisotopic (exact) mass is 334 g/mol. The summed E-state index contributed by atoms with van der Waals surface area (Å²) >= 11 is 0. The summed E-state index contributed by atoms with van der Waals surface area (Å²) in [6.07, 6.45) is 4.99. The lowest BCUT2D eigenvalue weighted by Gasteiger charge is -2.29. The Labute approximate surface area is 150 Å². The van der Waals surface area contributed by atoms with E-state index in [1.165, 1.54) is 36.8 Å². The first-order chi connectivity index (χ1) is 12.2. The summed E-state index contributed by atoms with van der Waals surface area (Å²) < 4.78 is 5.37. The molecule has 0 saturated heterocycles. The predicted molar refractivity (Wildman–Crippen MR) is 102 cm³/mol. The van der Waals surface area contributed by atoms with E-state index < -0.39 is 0 Å². The molecule has 0 aromatic heterocycles. The number of anilines is 1. The first-order valence-corrected chi connectivity index (χ1v) is 9.08. The van der Waals surface area contributed by atoms with Crippen LogP contribution in [0.4, 0.5) is 5.69 Å². The molecule has 3 nitrogen and oxygen atoms in total. The molecule has 2 aromatic rings. The van der Waals surface area contributed by atoms with Gasteiger partial charge < -0.3 is 10.1 Å². The molecule has 1 fully saturated rings. The highest BCUT2D eigenvalue weighted by Gasteiger charge is 2.22. The van der Waals surface area contributed by atoms with Gasteiger partial charge in [-0.2, -0.15) is 5.26 Å². The van der Waals surface area contributed by atoms with Crippen LogP contribution in [-0.4, -0.2) is 13.7 Å². The van der Waals surface area contributed by atoms with Gasteiger partial charge in [0, 0.05) is 12.2 Å². The number of rotatable bonds is 5. The molecule has 0 bridgehead atoms. The lowest BCUT2D eigenvalue weighted by atomic mass is 9.78. The fourth-order valence-corrected chi connectivity index (χ4v) is 3.82. The van der Waals surface area contributed by atoms with Gasteiger partial charge in [0.25, 0.3) is 0 Å². The highest BCUT2D eigenvalue weighted by molar-refractivity contribution is 5.49. The van der Waals surface area contributed by atoms with Crippen LogP contribution < -0.4 is 10.1 Å². The topological polar surface area (TPSA) is 45.0 Å². The van der Waals surface area contributed by atoms with Crippen LogP contribution in [0.3, 0.4) is 0 Å². The van der Waals surface area contributed by atoms with Crippen LogP contribution >= 0.6 is 0 Å². The molecule has 0 radical (unpaired) electrons. The van der Waals surface area contributed by atoms with Crippen LogP contribution in [0.5, 0.6) is 5.75 Å². The lowest BCUT2D eigenvalue weighted by Crippen LogP contribution is -2.20. The molecule has 3 rings (SSSR count). The first-order valence-electron chi connectivity index (χ1n) is 9.08. The molecule has 3 heteroatoms. The average Bonchev–Trinajstić information content (AvgIpc) is 2.67. The normalized spacial score (nSPS) is 19.9. The molecule has 1 saturated carbocycles. The zero-order chi connectivity index (χ0) is 17.6. The maximum Gasteiger partial charge on any atom is 0.121 e. The van der Waals surface area contributed by atoms with Crippen molar-refractivity contribution in [1.82, 2.24) is 0 Å². The van der Waals surface area contributed by atoms with E-state index in [2.05, 4.69) is 36.5 Å². The van der Waals surface area contributed by atoms with Crippen LogP contribution in [0.15, 0.2) is 42.5 Å². The van der Waals surface area contributed by atoms with E-state index in [-0.39, 0.29) is 0 Å². The Hall–Kier alpha value is -2.47. The number of nitriles is 1. The van der Waals surface area contributed by atoms with Gasteiger partial charge in [-0.1, -0.05) is 18.2 Å². The fraction of sp³-hybridized carbons (Fsp3) is 0.409. The molecular weight excluding hydrogens is 308 g/mol. The van der Waals surface area contributed by atoms with Crippen molar-refractivity contribution in [2.75, 3.05) is 19.0 Å². The Morgan fingerprint density at radius 1 is 1.12 bits per heavy atom. The molecule has 25 heavy (non-hydrogen) atoms. The third-order valence-corrected chi connectivity index (χ3v) is 5.32. The second kappa shape index (κ2) is 8.07. The third kappa shape index (κ3) is 4.33. The van der Waals surface area contributed by atoms with E-state index in [0.717, 1.165) is 18.0 Å². The standard InChI is InChI=1S/C22H26N2O/c1-16-12-20(10-11-22(16)25-2)19-8-6-17(7-9-19)15-24-21-5-3-4-18(13-21)14-23/h3-5,10-13,17,19,24H,6-9,15H2,1-2H3/t17-,19-. The molecular formula is C22H26N2O. The van der Waals surface area contributed by atoms with E-state index in [4.69, 9.17) is 10.00 Å². The summed E-state index contributed by atoms with van der Waals surface area (Å²) in [5, 5.41) is 12.5. The second-order valence-corrected chi connectivity index (χ2v) is 7.02. The summed E-state index contributed by atoms with van der Waals surface area (Å²) in [5.74, 6) is 2.35. The molecule has 1 aliphatic carbocycles. The maximum absolute atomic E-state index is 8.98. The van der Waals surface area contributed by atoms with E-state index in [1.54, 1.807) is 7.11 Å². The number of aryl methyl sites for hydroxylation is 1. The van der Waals surface area contributed by atoms with E-state index >= 15 is 0 Å². The van der Waals surface area contributed by atoms with Crippen LogP contribution in [-0.2, 0) is 0 Å². The van der Waals surface area contributed by atoms with Gasteiger partial charge in [-0.3, -0.25) is 0 Å². The smallest absolute Gasteiger partial charge is 0.121 e. The van der Waals surface area contributed by atoms with Crippen molar-refractivity contribution >= 4 is 5.69 Å². The fourth-order valence-electron chi connectivity index (χ4n) is 3.82. The minimum Gasteiger partial charge on any atom is -0.496 e. The number of ether oxygens (including phenoxy) is 1. The molecule has 0 amide bonds. The van der Waals surface area contributed by atoms with Gasteiger partial charge in [-0.15, -0.1) is 0 Å². The molecule has 0 heterocycles. The summed E-state index contributed by atoms with van der Waals surface area (Å²) in [4.78, 5) is 0. The van der Waals surface area contributed by atoms with E-state index in [0.29, 0.717) is 17.4 Å². The van der Waals surface area contributed by atoms with Crippen molar-refractivity contribution in [2.45, 2.75) is 38.5 Å². The minimum atomic E-state index is 0.669. The molecule has 130 valence electrons. The summed E-state index contributed by atoms with van der Waals surface area (Å²) in [6.45, 7) is 3.11. The van der Waals surface area contributed by atoms with Crippen LogP contribution in [0.25, 0.3) is 0 Å². The first kappa shape index (κ1) is 17.4. The van der Waals surface area contributed by atoms with Crippen molar-refractivity contribution in [2.24, 2.45) is 5.92 Å². The van der Waals surface area contributed by atoms with Crippen LogP contribution in [0, 0.1) is 24.2 Å². The van der Waals surface area contributed by atoms with Crippen molar-refractivity contribution < 1.29 is 4.74 Å². The van der Waals surface area contributed by atoms with Gasteiger partial charge in [0.2, 0.25) is 0 Å². The van der Waals surface area contributed by atoms with E-state index in [9.17, 15) is 0 Å². The zero-order valence-electron chi connectivity index (χ0n) is 15.1. The van der Waals surface area contributed by atoms with Gasteiger partial charge in [-0.25, -0.2) is 0 Å². The third-order valence-electron chi connectivity index (χ3n) is 5.32. The Morgan fingerprint density at radius 2 is 1.92 bits per heavy atom. The molecule has 1 N–H and O–H groups in total. The number of nitrogens with zero attached hydrogens (tertiary/aromatic N) is 1. The number of nitrogens with one attached hydrogen (secondary N) is 1. The van der Waals surface area contributed by atoms with Crippen molar-refractivity contribution in [3.8, 4) is 11.8 Å². The maximum atomic E-state index is 8.98. The predicted octanol–water partition coefficient (Wildman–Crippen LogP) is 5.26. The number of hydrogen-bond acceptors (Lipinski definition) is 3. The summed E-state index contributed by atoms with van der Waals surface area (Å²) in [7, 11) is 1.73. The summed E-state index contributed by atoms with van der Waals surface area (Å²) in [5.41, 5.74) is 4.43. The zero-order valence-corrected chi connectivity index (χ0v) is 15.1. The molecule has 0 atom stereocenters. The summed E-state index contributed by atoms with van der Waals surface area (Å²) in [6, 6.07) is 16.5. The van der Waals surface area contributed by atoms with Crippen LogP contribution in [0.2, 0.25) is 0 Å². The average molecular weight is 334 g/mol. The van der Waals surface area contributed by atoms with Crippen LogP contribution in [0.1, 0.15) is 48.3 Å². The molecule has 0 unspecified atom stereocenters. The molecule has 2 aromatic carbocycles. The Morgan fingerprint density at radius 3 is 2.60 bits per heavy atom. The lowest BCUT2D eigenvalue weighted by molar-refractivity contribution is 0.338. The van der Waals surface area contributed by atoms with Gasteiger partial charge in [-0.05, 0) is 79.8 Å². The minimum absolute atomic E-state index is 0.669. The highest BCUT2D eigenvalue weighted by Crippen LogP contribution is 2.37. The molecule has 0 aliphatic heterocycles. The largest absolute Gasteiger partial charge is 0.496 e. The van der Waals surface area contributed by atoms with Crippen molar-refractivity contribution in [1.29, 1.82) is 5.26 Å². The number of benzene rings is 2. The van der Waals surface area contributed by atoms with Gasteiger partial charge in [0.1, 0.15) is 5.75 Å².